The van der Waals surface area contributed by atoms with Crippen molar-refractivity contribution in [1.82, 2.24) is 15.5 Å². The molecule has 0 unspecified atom stereocenters. The fraction of sp³-hybridized carbons (Fsp3) is 0.471. The molecule has 5 nitrogen and oxygen atoms in total. The maximum Gasteiger partial charge on any atom is 0.225 e. The van der Waals surface area contributed by atoms with Crippen molar-refractivity contribution in [3.8, 4) is 0 Å². The summed E-state index contributed by atoms with van der Waals surface area (Å²) in [5.74, 6) is 0.544. The highest BCUT2D eigenvalue weighted by atomic mass is 19.1. The SMILES string of the molecule is Cc1nc(C2(NC(=O)Cc3cccc(F)c3)CCCCC2)no1. The third kappa shape index (κ3) is 3.57. The maximum absolute atomic E-state index is 13.3. The molecule has 1 aromatic heterocycles. The largest absolute Gasteiger partial charge is 0.343 e. The minimum absolute atomic E-state index is 0.135. The highest BCUT2D eigenvalue weighted by Crippen LogP contribution is 2.35. The van der Waals surface area contributed by atoms with Crippen LogP contribution in [0.25, 0.3) is 0 Å². The van der Waals surface area contributed by atoms with Gasteiger partial charge in [0, 0.05) is 6.92 Å². The predicted octanol–water partition coefficient (Wildman–Crippen LogP) is 3.04. The van der Waals surface area contributed by atoms with Gasteiger partial charge in [0.15, 0.2) is 5.82 Å². The third-order valence-electron chi connectivity index (χ3n) is 4.30. The van der Waals surface area contributed by atoms with Gasteiger partial charge in [-0.3, -0.25) is 4.79 Å². The van der Waals surface area contributed by atoms with Gasteiger partial charge in [-0.15, -0.1) is 0 Å². The Morgan fingerprint density at radius 3 is 2.78 bits per heavy atom. The quantitative estimate of drug-likeness (QED) is 0.941. The topological polar surface area (TPSA) is 68.0 Å². The van der Waals surface area contributed by atoms with Crippen molar-refractivity contribution in [1.29, 1.82) is 0 Å². The van der Waals surface area contributed by atoms with Crippen LogP contribution in [0.1, 0.15) is 49.4 Å². The van der Waals surface area contributed by atoms with E-state index in [1.807, 2.05) is 0 Å². The van der Waals surface area contributed by atoms with E-state index in [1.54, 1.807) is 19.1 Å². The molecule has 1 amide bonds. The summed E-state index contributed by atoms with van der Waals surface area (Å²) in [5.41, 5.74) is 0.0817. The van der Waals surface area contributed by atoms with Gasteiger partial charge in [0.05, 0.1) is 6.42 Å². The number of carbonyl (C=O) groups excluding carboxylic acids is 1. The van der Waals surface area contributed by atoms with Gasteiger partial charge in [-0.05, 0) is 30.5 Å². The van der Waals surface area contributed by atoms with E-state index in [9.17, 15) is 9.18 Å². The second-order valence-corrected chi connectivity index (χ2v) is 6.13. The van der Waals surface area contributed by atoms with Crippen LogP contribution in [0.4, 0.5) is 4.39 Å². The fourth-order valence-corrected chi connectivity index (χ4v) is 3.20. The molecule has 0 bridgehead atoms. The van der Waals surface area contributed by atoms with E-state index in [0.717, 1.165) is 32.1 Å². The zero-order valence-corrected chi connectivity index (χ0v) is 13.1. The Kier molecular flexibility index (Phi) is 4.41. The van der Waals surface area contributed by atoms with Gasteiger partial charge in [0.25, 0.3) is 0 Å². The molecule has 6 heteroatoms. The van der Waals surface area contributed by atoms with Crippen LogP contribution < -0.4 is 5.32 Å². The van der Waals surface area contributed by atoms with Crippen molar-refractivity contribution in [3.63, 3.8) is 0 Å². The van der Waals surface area contributed by atoms with Crippen LogP contribution in [0, 0.1) is 12.7 Å². The molecule has 1 aliphatic carbocycles. The predicted molar refractivity (Wildman–Crippen MR) is 82.0 cm³/mol. The summed E-state index contributed by atoms with van der Waals surface area (Å²) in [7, 11) is 0. The first-order valence-corrected chi connectivity index (χ1v) is 7.94. The number of carbonyl (C=O) groups is 1. The molecule has 0 spiro atoms. The Morgan fingerprint density at radius 1 is 1.35 bits per heavy atom. The summed E-state index contributed by atoms with van der Waals surface area (Å²) in [6.07, 6.45) is 4.87. The first kappa shape index (κ1) is 15.6. The molecule has 1 fully saturated rings. The van der Waals surface area contributed by atoms with Crippen LogP contribution in [0.3, 0.4) is 0 Å². The highest BCUT2D eigenvalue weighted by Gasteiger charge is 2.39. The minimum Gasteiger partial charge on any atom is -0.343 e. The molecule has 0 atom stereocenters. The Morgan fingerprint density at radius 2 is 2.13 bits per heavy atom. The lowest BCUT2D eigenvalue weighted by atomic mass is 9.80. The van der Waals surface area contributed by atoms with Crippen LogP contribution in [0.2, 0.25) is 0 Å². The van der Waals surface area contributed by atoms with Gasteiger partial charge in [0.2, 0.25) is 11.8 Å². The molecular formula is C17H20FN3O2. The molecule has 1 heterocycles. The van der Waals surface area contributed by atoms with Crippen molar-refractivity contribution in [2.75, 3.05) is 0 Å². The third-order valence-corrected chi connectivity index (χ3v) is 4.30. The Hall–Kier alpha value is -2.24. The molecular weight excluding hydrogens is 297 g/mol. The van der Waals surface area contributed by atoms with Gasteiger partial charge in [-0.1, -0.05) is 36.6 Å². The second-order valence-electron chi connectivity index (χ2n) is 6.13. The first-order chi connectivity index (χ1) is 11.1. The van der Waals surface area contributed by atoms with E-state index in [4.69, 9.17) is 4.52 Å². The van der Waals surface area contributed by atoms with Crippen molar-refractivity contribution < 1.29 is 13.7 Å². The van der Waals surface area contributed by atoms with Crippen LogP contribution in [0.15, 0.2) is 28.8 Å². The molecule has 2 aromatic rings. The molecule has 1 aliphatic rings. The second kappa shape index (κ2) is 6.48. The summed E-state index contributed by atoms with van der Waals surface area (Å²) in [5, 5.41) is 7.11. The first-order valence-electron chi connectivity index (χ1n) is 7.94. The van der Waals surface area contributed by atoms with Crippen molar-refractivity contribution >= 4 is 5.91 Å². The van der Waals surface area contributed by atoms with Crippen LogP contribution in [-0.4, -0.2) is 16.0 Å². The number of benzene rings is 1. The number of aryl methyl sites for hydroxylation is 1. The van der Waals surface area contributed by atoms with Crippen molar-refractivity contribution in [2.45, 2.75) is 51.0 Å². The Balaban J connectivity index is 1.77. The summed E-state index contributed by atoms with van der Waals surface area (Å²) in [4.78, 5) is 16.8. The molecule has 23 heavy (non-hydrogen) atoms. The molecule has 122 valence electrons. The van der Waals surface area contributed by atoms with E-state index in [0.29, 0.717) is 17.3 Å². The molecule has 1 N–H and O–H groups in total. The van der Waals surface area contributed by atoms with Gasteiger partial charge < -0.3 is 9.84 Å². The highest BCUT2D eigenvalue weighted by molar-refractivity contribution is 5.79. The Bertz CT molecular complexity index is 693. The average molecular weight is 317 g/mol. The van der Waals surface area contributed by atoms with Crippen molar-refractivity contribution in [2.24, 2.45) is 0 Å². The van der Waals surface area contributed by atoms with E-state index in [2.05, 4.69) is 15.5 Å². The standard InChI is InChI=1S/C17H20FN3O2/c1-12-19-16(21-23-12)17(8-3-2-4-9-17)20-15(22)11-13-6-5-7-14(18)10-13/h5-7,10H,2-4,8-9,11H2,1H3,(H,20,22). The van der Waals surface area contributed by atoms with E-state index < -0.39 is 5.54 Å². The summed E-state index contributed by atoms with van der Waals surface area (Å²) < 4.78 is 18.4. The number of amides is 1. The molecule has 1 aromatic carbocycles. The summed E-state index contributed by atoms with van der Waals surface area (Å²) in [6.45, 7) is 1.74. The van der Waals surface area contributed by atoms with Gasteiger partial charge in [0.1, 0.15) is 11.4 Å². The van der Waals surface area contributed by atoms with E-state index >= 15 is 0 Å². The fourth-order valence-electron chi connectivity index (χ4n) is 3.20. The molecule has 0 radical (unpaired) electrons. The molecule has 0 saturated heterocycles. The van der Waals surface area contributed by atoms with Crippen LogP contribution in [0.5, 0.6) is 0 Å². The summed E-state index contributed by atoms with van der Waals surface area (Å²) in [6, 6.07) is 6.10. The number of nitrogens with zero attached hydrogens (tertiary/aromatic N) is 2. The van der Waals surface area contributed by atoms with Gasteiger partial charge in [-0.25, -0.2) is 4.39 Å². The Labute approximate surface area is 134 Å². The normalized spacial score (nSPS) is 17.0. The molecule has 1 saturated carbocycles. The number of rotatable bonds is 4. The van der Waals surface area contributed by atoms with Gasteiger partial charge >= 0.3 is 0 Å². The summed E-state index contributed by atoms with van der Waals surface area (Å²) >= 11 is 0. The zero-order valence-electron chi connectivity index (χ0n) is 13.1. The van der Waals surface area contributed by atoms with Crippen molar-refractivity contribution in [3.05, 3.63) is 47.4 Å². The molecule has 3 rings (SSSR count). The maximum atomic E-state index is 13.3. The smallest absolute Gasteiger partial charge is 0.225 e. The number of hydrogen-bond donors (Lipinski definition) is 1. The van der Waals surface area contributed by atoms with E-state index in [-0.39, 0.29) is 18.1 Å². The molecule has 0 aliphatic heterocycles. The monoisotopic (exact) mass is 317 g/mol. The number of nitrogens with one attached hydrogen (secondary N) is 1. The average Bonchev–Trinajstić information content (AvgIpc) is 2.95. The van der Waals surface area contributed by atoms with Gasteiger partial charge in [-0.2, -0.15) is 4.98 Å². The van der Waals surface area contributed by atoms with Crippen LogP contribution in [-0.2, 0) is 16.8 Å². The lowest BCUT2D eigenvalue weighted by Crippen LogP contribution is -2.48. The lowest BCUT2D eigenvalue weighted by molar-refractivity contribution is -0.123. The van der Waals surface area contributed by atoms with Crippen LogP contribution >= 0.6 is 0 Å². The number of halogens is 1. The number of aromatic nitrogens is 2. The minimum atomic E-state index is -0.569. The lowest BCUT2D eigenvalue weighted by Gasteiger charge is -2.35. The number of hydrogen-bond acceptors (Lipinski definition) is 4. The zero-order chi connectivity index (χ0) is 16.3. The van der Waals surface area contributed by atoms with E-state index in [1.165, 1.54) is 12.1 Å².